The van der Waals surface area contributed by atoms with Gasteiger partial charge in [0, 0.05) is 12.1 Å². The Morgan fingerprint density at radius 3 is 2.62 bits per heavy atom. The summed E-state index contributed by atoms with van der Waals surface area (Å²) in [6.07, 6.45) is 3.89. The number of hydrogen-bond acceptors (Lipinski definition) is 1. The van der Waals surface area contributed by atoms with Crippen LogP contribution in [-0.4, -0.2) is 6.04 Å². The normalized spacial score (nSPS) is 23.2. The van der Waals surface area contributed by atoms with E-state index in [1.54, 1.807) is 6.04 Å². The van der Waals surface area contributed by atoms with E-state index >= 15 is 0 Å². The second-order valence-corrected chi connectivity index (χ2v) is 2.56. The maximum Gasteiger partial charge on any atom is 0.0367 e. The molecule has 0 spiro atoms. The summed E-state index contributed by atoms with van der Waals surface area (Å²) in [4.78, 5) is 0. The van der Waals surface area contributed by atoms with Crippen molar-refractivity contribution in [3.05, 3.63) is 6.04 Å². The Bertz CT molecular complexity index is 66.8. The fourth-order valence-corrected chi connectivity index (χ4v) is 0.657. The van der Waals surface area contributed by atoms with Crippen LogP contribution < -0.4 is 5.32 Å². The van der Waals surface area contributed by atoms with E-state index in [2.05, 4.69) is 19.2 Å². The van der Waals surface area contributed by atoms with Crippen LogP contribution in [0.4, 0.5) is 0 Å². The molecular formula is C7H14N. The van der Waals surface area contributed by atoms with E-state index in [4.69, 9.17) is 0 Å². The van der Waals surface area contributed by atoms with Gasteiger partial charge in [0.25, 0.3) is 0 Å². The van der Waals surface area contributed by atoms with E-state index in [0.717, 1.165) is 0 Å². The van der Waals surface area contributed by atoms with Crippen molar-refractivity contribution in [2.45, 2.75) is 39.2 Å². The smallest absolute Gasteiger partial charge is 0.0367 e. The van der Waals surface area contributed by atoms with Gasteiger partial charge in [0.2, 0.25) is 0 Å². The third-order valence-corrected chi connectivity index (χ3v) is 1.56. The van der Waals surface area contributed by atoms with Crippen LogP contribution in [0.2, 0.25) is 0 Å². The van der Waals surface area contributed by atoms with Crippen molar-refractivity contribution in [1.29, 1.82) is 0 Å². The fraction of sp³-hybridized carbons (Fsp3) is 0.857. The van der Waals surface area contributed by atoms with Gasteiger partial charge in [0.1, 0.15) is 0 Å². The second kappa shape index (κ2) is 2.49. The van der Waals surface area contributed by atoms with Crippen molar-refractivity contribution in [3.63, 3.8) is 0 Å². The van der Waals surface area contributed by atoms with Gasteiger partial charge in [0.15, 0.2) is 0 Å². The third kappa shape index (κ3) is 1.83. The van der Waals surface area contributed by atoms with Crippen LogP contribution in [0.5, 0.6) is 0 Å². The van der Waals surface area contributed by atoms with Crippen molar-refractivity contribution in [3.8, 4) is 0 Å². The monoisotopic (exact) mass is 112 g/mol. The Kier molecular flexibility index (Phi) is 1.90. The number of hydrogen-bond donors (Lipinski definition) is 1. The fourth-order valence-electron chi connectivity index (χ4n) is 0.657. The molecule has 1 atom stereocenters. The van der Waals surface area contributed by atoms with Crippen molar-refractivity contribution in [2.24, 2.45) is 0 Å². The van der Waals surface area contributed by atoms with Gasteiger partial charge >= 0.3 is 0 Å². The first-order valence-corrected chi connectivity index (χ1v) is 3.44. The summed E-state index contributed by atoms with van der Waals surface area (Å²) in [5.41, 5.74) is 0. The predicted octanol–water partition coefficient (Wildman–Crippen LogP) is 1.70. The Labute approximate surface area is 51.5 Å². The summed E-state index contributed by atoms with van der Waals surface area (Å²) in [5, 5.41) is 3.42. The molecule has 0 bridgehead atoms. The molecule has 0 aromatic heterocycles. The average Bonchev–Trinajstić information content (AvgIpc) is 2.50. The predicted molar refractivity (Wildman–Crippen MR) is 35.4 cm³/mol. The zero-order valence-electron chi connectivity index (χ0n) is 5.70. The minimum absolute atomic E-state index is 0.701. The average molecular weight is 112 g/mol. The van der Waals surface area contributed by atoms with Gasteiger partial charge in [-0.15, -0.1) is 0 Å². The summed E-state index contributed by atoms with van der Waals surface area (Å²) in [6, 6.07) is 2.26. The largest absolute Gasteiger partial charge is 0.307 e. The Hall–Kier alpha value is -0.0400. The summed E-state index contributed by atoms with van der Waals surface area (Å²) >= 11 is 0. The van der Waals surface area contributed by atoms with Gasteiger partial charge < -0.3 is 5.32 Å². The molecule has 0 aromatic carbocycles. The van der Waals surface area contributed by atoms with Crippen LogP contribution in [0.1, 0.15) is 33.1 Å². The van der Waals surface area contributed by atoms with E-state index < -0.39 is 0 Å². The Morgan fingerprint density at radius 2 is 2.25 bits per heavy atom. The number of nitrogens with one attached hydrogen (secondary N) is 1. The van der Waals surface area contributed by atoms with E-state index in [9.17, 15) is 0 Å². The standard InChI is InChI=1S/C7H14N/c1-3-6(2)8-7-4-5-7/h6,8H,3-5H2,1-2H3. The van der Waals surface area contributed by atoms with Crippen molar-refractivity contribution in [2.75, 3.05) is 0 Å². The molecule has 1 heteroatoms. The lowest BCUT2D eigenvalue weighted by molar-refractivity contribution is 0.581. The Balaban J connectivity index is 1.98. The highest BCUT2D eigenvalue weighted by molar-refractivity contribution is 5.03. The van der Waals surface area contributed by atoms with Gasteiger partial charge in [-0.2, -0.15) is 0 Å². The SMILES string of the molecule is CCC(C)N[C]1CC1. The maximum absolute atomic E-state index is 3.42. The van der Waals surface area contributed by atoms with Crippen LogP contribution in [-0.2, 0) is 0 Å². The molecule has 1 aliphatic rings. The molecule has 1 saturated carbocycles. The van der Waals surface area contributed by atoms with E-state index in [1.807, 2.05) is 0 Å². The molecule has 0 saturated heterocycles. The van der Waals surface area contributed by atoms with Crippen LogP contribution in [0, 0.1) is 6.04 Å². The topological polar surface area (TPSA) is 12.0 Å². The van der Waals surface area contributed by atoms with E-state index in [0.29, 0.717) is 6.04 Å². The van der Waals surface area contributed by atoms with Gasteiger partial charge in [-0.05, 0) is 26.2 Å². The molecule has 47 valence electrons. The molecule has 1 rings (SSSR count). The van der Waals surface area contributed by atoms with Crippen LogP contribution in [0.3, 0.4) is 0 Å². The van der Waals surface area contributed by atoms with Crippen LogP contribution in [0.25, 0.3) is 0 Å². The van der Waals surface area contributed by atoms with Gasteiger partial charge in [-0.3, -0.25) is 0 Å². The summed E-state index contributed by atoms with van der Waals surface area (Å²) < 4.78 is 0. The van der Waals surface area contributed by atoms with Gasteiger partial charge in [0.05, 0.1) is 0 Å². The first-order chi connectivity index (χ1) is 3.83. The number of rotatable bonds is 3. The summed E-state index contributed by atoms with van der Waals surface area (Å²) in [6.45, 7) is 4.44. The highest BCUT2D eigenvalue weighted by atomic mass is 15.0. The van der Waals surface area contributed by atoms with Crippen LogP contribution >= 0.6 is 0 Å². The molecule has 8 heavy (non-hydrogen) atoms. The summed E-state index contributed by atoms with van der Waals surface area (Å²) in [5.74, 6) is 0. The third-order valence-electron chi connectivity index (χ3n) is 1.56. The highest BCUT2D eigenvalue weighted by Gasteiger charge is 2.22. The second-order valence-electron chi connectivity index (χ2n) is 2.56. The lowest BCUT2D eigenvalue weighted by Gasteiger charge is -2.07. The molecule has 0 aromatic rings. The molecule has 0 heterocycles. The maximum atomic E-state index is 3.42. The molecule has 0 aliphatic heterocycles. The Morgan fingerprint density at radius 1 is 1.62 bits per heavy atom. The minimum atomic E-state index is 0.701. The van der Waals surface area contributed by atoms with Crippen molar-refractivity contribution < 1.29 is 0 Å². The van der Waals surface area contributed by atoms with E-state index in [-0.39, 0.29) is 0 Å². The molecule has 0 amide bonds. The minimum Gasteiger partial charge on any atom is -0.307 e. The molecular weight excluding hydrogens is 98.1 g/mol. The van der Waals surface area contributed by atoms with E-state index in [1.165, 1.54) is 19.3 Å². The molecule has 1 radical (unpaired) electrons. The molecule has 1 aliphatic carbocycles. The van der Waals surface area contributed by atoms with Gasteiger partial charge in [-0.25, -0.2) is 0 Å². The van der Waals surface area contributed by atoms with Crippen molar-refractivity contribution in [1.82, 2.24) is 5.32 Å². The summed E-state index contributed by atoms with van der Waals surface area (Å²) in [7, 11) is 0. The lowest BCUT2D eigenvalue weighted by Crippen LogP contribution is -2.22. The molecule has 1 unspecified atom stereocenters. The van der Waals surface area contributed by atoms with Gasteiger partial charge in [-0.1, -0.05) is 6.92 Å². The first kappa shape index (κ1) is 6.09. The molecule has 1 nitrogen and oxygen atoms in total. The molecule has 1 fully saturated rings. The quantitative estimate of drug-likeness (QED) is 0.586. The lowest BCUT2D eigenvalue weighted by atomic mass is 10.2. The highest BCUT2D eigenvalue weighted by Crippen LogP contribution is 2.28. The van der Waals surface area contributed by atoms with Crippen LogP contribution in [0.15, 0.2) is 0 Å². The van der Waals surface area contributed by atoms with Crippen molar-refractivity contribution >= 4 is 0 Å². The zero-order valence-corrected chi connectivity index (χ0v) is 5.70. The first-order valence-electron chi connectivity index (χ1n) is 3.44. The zero-order chi connectivity index (χ0) is 5.98. The molecule has 1 N–H and O–H groups in total.